The molecule has 3 heteroatoms. The molecule has 0 N–H and O–H groups in total. The van der Waals surface area contributed by atoms with Crippen molar-refractivity contribution in [2.45, 2.75) is 26.4 Å². The van der Waals surface area contributed by atoms with Crippen LogP contribution in [0.25, 0.3) is 0 Å². The van der Waals surface area contributed by atoms with Crippen molar-refractivity contribution in [2.75, 3.05) is 32.8 Å². The van der Waals surface area contributed by atoms with Crippen molar-refractivity contribution >= 4 is 0 Å². The molecular formula is C9H19N2O. The normalized spacial score (nSPS) is 24.8. The number of likely N-dealkylation sites (N-methyl/N-ethyl adjacent to an activating group) is 1. The maximum absolute atomic E-state index is 5.38. The van der Waals surface area contributed by atoms with Gasteiger partial charge in [0.15, 0.2) is 0 Å². The van der Waals surface area contributed by atoms with Crippen molar-refractivity contribution in [1.29, 1.82) is 0 Å². The van der Waals surface area contributed by atoms with Crippen molar-refractivity contribution < 1.29 is 4.74 Å². The highest BCUT2D eigenvalue weighted by atomic mass is 16.5. The maximum atomic E-state index is 5.38. The van der Waals surface area contributed by atoms with Crippen LogP contribution in [0.3, 0.4) is 0 Å². The van der Waals surface area contributed by atoms with E-state index >= 15 is 0 Å². The number of morpholine rings is 1. The molecule has 3 nitrogen and oxygen atoms in total. The second kappa shape index (κ2) is 5.51. The standard InChI is InChI=1S/C9H19N2O/c1-3-6-11(4-2)9-8-12-7-5-10-9/h9H,3-8H2,1-2H3. The molecule has 1 atom stereocenters. The molecule has 1 rings (SSSR count). The zero-order valence-electron chi connectivity index (χ0n) is 8.12. The molecule has 0 spiro atoms. The Bertz CT molecular complexity index is 110. The van der Waals surface area contributed by atoms with Crippen LogP contribution in [0.2, 0.25) is 0 Å². The first-order chi connectivity index (χ1) is 5.88. The topological polar surface area (TPSA) is 26.6 Å². The molecule has 0 aromatic carbocycles. The van der Waals surface area contributed by atoms with Gasteiger partial charge in [-0.1, -0.05) is 13.8 Å². The average Bonchev–Trinajstić information content (AvgIpc) is 2.15. The van der Waals surface area contributed by atoms with Gasteiger partial charge in [-0.2, -0.15) is 0 Å². The fourth-order valence-electron chi connectivity index (χ4n) is 1.53. The van der Waals surface area contributed by atoms with Crippen LogP contribution in [-0.4, -0.2) is 43.9 Å². The van der Waals surface area contributed by atoms with Crippen LogP contribution in [0.5, 0.6) is 0 Å². The van der Waals surface area contributed by atoms with Crippen LogP contribution in [0.15, 0.2) is 0 Å². The third kappa shape index (κ3) is 2.73. The third-order valence-electron chi connectivity index (χ3n) is 2.18. The summed E-state index contributed by atoms with van der Waals surface area (Å²) < 4.78 is 5.38. The van der Waals surface area contributed by atoms with Gasteiger partial charge in [0.2, 0.25) is 0 Å². The van der Waals surface area contributed by atoms with E-state index in [4.69, 9.17) is 4.74 Å². The largest absolute Gasteiger partial charge is 0.377 e. The van der Waals surface area contributed by atoms with Gasteiger partial charge in [0, 0.05) is 6.54 Å². The zero-order valence-corrected chi connectivity index (χ0v) is 8.12. The Balaban J connectivity index is 2.29. The van der Waals surface area contributed by atoms with Gasteiger partial charge in [0.05, 0.1) is 19.4 Å². The third-order valence-corrected chi connectivity index (χ3v) is 2.18. The van der Waals surface area contributed by atoms with E-state index in [2.05, 4.69) is 24.1 Å². The lowest BCUT2D eigenvalue weighted by Gasteiger charge is -2.32. The van der Waals surface area contributed by atoms with Gasteiger partial charge in [-0.25, -0.2) is 5.32 Å². The molecule has 12 heavy (non-hydrogen) atoms. The lowest BCUT2D eigenvalue weighted by atomic mass is 10.3. The van der Waals surface area contributed by atoms with Crippen LogP contribution in [0.4, 0.5) is 0 Å². The molecule has 0 aromatic rings. The quantitative estimate of drug-likeness (QED) is 0.622. The van der Waals surface area contributed by atoms with E-state index in [0.717, 1.165) is 32.8 Å². The Labute approximate surface area is 75.1 Å². The van der Waals surface area contributed by atoms with Crippen molar-refractivity contribution in [3.05, 3.63) is 0 Å². The van der Waals surface area contributed by atoms with Crippen LogP contribution >= 0.6 is 0 Å². The molecule has 0 aromatic heterocycles. The lowest BCUT2D eigenvalue weighted by Crippen LogP contribution is -2.49. The summed E-state index contributed by atoms with van der Waals surface area (Å²) >= 11 is 0. The predicted molar refractivity (Wildman–Crippen MR) is 49.1 cm³/mol. The first-order valence-electron chi connectivity index (χ1n) is 4.86. The first kappa shape index (κ1) is 9.96. The van der Waals surface area contributed by atoms with Crippen molar-refractivity contribution in [3.8, 4) is 0 Å². The monoisotopic (exact) mass is 171 g/mol. The number of hydrogen-bond acceptors (Lipinski definition) is 2. The fraction of sp³-hybridized carbons (Fsp3) is 1.00. The molecule has 1 unspecified atom stereocenters. The van der Waals surface area contributed by atoms with Crippen LogP contribution in [0, 0.1) is 0 Å². The van der Waals surface area contributed by atoms with E-state index in [0.29, 0.717) is 6.17 Å². The molecule has 1 radical (unpaired) electrons. The van der Waals surface area contributed by atoms with E-state index in [-0.39, 0.29) is 0 Å². The Hall–Kier alpha value is -0.120. The summed E-state index contributed by atoms with van der Waals surface area (Å²) in [5.74, 6) is 0. The second-order valence-corrected chi connectivity index (χ2v) is 3.09. The number of hydrogen-bond donors (Lipinski definition) is 0. The van der Waals surface area contributed by atoms with Gasteiger partial charge >= 0.3 is 0 Å². The van der Waals surface area contributed by atoms with E-state index < -0.39 is 0 Å². The second-order valence-electron chi connectivity index (χ2n) is 3.09. The Morgan fingerprint density at radius 3 is 2.83 bits per heavy atom. The van der Waals surface area contributed by atoms with Gasteiger partial charge in [-0.05, 0) is 19.5 Å². The smallest absolute Gasteiger partial charge is 0.0998 e. The molecule has 1 heterocycles. The molecule has 1 aliphatic rings. The molecule has 1 fully saturated rings. The van der Waals surface area contributed by atoms with Crippen LogP contribution < -0.4 is 5.32 Å². The summed E-state index contributed by atoms with van der Waals surface area (Å²) in [4.78, 5) is 2.37. The van der Waals surface area contributed by atoms with Crippen LogP contribution in [-0.2, 0) is 4.74 Å². The zero-order chi connectivity index (χ0) is 8.81. The highest BCUT2D eigenvalue weighted by Crippen LogP contribution is 2.03. The summed E-state index contributed by atoms with van der Waals surface area (Å²) in [5, 5.41) is 4.52. The predicted octanol–water partition coefficient (Wildman–Crippen LogP) is 0.679. The van der Waals surface area contributed by atoms with Gasteiger partial charge in [0.1, 0.15) is 0 Å². The molecule has 0 amide bonds. The SMILES string of the molecule is CCCN(CC)C1COCC[N]1. The van der Waals surface area contributed by atoms with Crippen LogP contribution in [0.1, 0.15) is 20.3 Å². The van der Waals surface area contributed by atoms with Gasteiger partial charge in [0.25, 0.3) is 0 Å². The molecule has 1 aliphatic heterocycles. The van der Waals surface area contributed by atoms with Crippen molar-refractivity contribution in [1.82, 2.24) is 10.2 Å². The average molecular weight is 171 g/mol. The first-order valence-corrected chi connectivity index (χ1v) is 4.86. The van der Waals surface area contributed by atoms with Gasteiger partial charge in [-0.3, -0.25) is 4.90 Å². The van der Waals surface area contributed by atoms with E-state index in [1.165, 1.54) is 6.42 Å². The Morgan fingerprint density at radius 2 is 2.33 bits per heavy atom. The minimum Gasteiger partial charge on any atom is -0.377 e. The highest BCUT2D eigenvalue weighted by Gasteiger charge is 2.19. The van der Waals surface area contributed by atoms with E-state index in [1.54, 1.807) is 0 Å². The maximum Gasteiger partial charge on any atom is 0.0998 e. The Kier molecular flexibility index (Phi) is 4.58. The molecule has 0 aliphatic carbocycles. The molecule has 1 saturated heterocycles. The van der Waals surface area contributed by atoms with E-state index in [1.807, 2.05) is 0 Å². The molecule has 71 valence electrons. The summed E-state index contributed by atoms with van der Waals surface area (Å²) in [7, 11) is 0. The molecule has 0 saturated carbocycles. The summed E-state index contributed by atoms with van der Waals surface area (Å²) in [6.07, 6.45) is 1.52. The number of nitrogens with zero attached hydrogens (tertiary/aromatic N) is 2. The summed E-state index contributed by atoms with van der Waals surface area (Å²) in [6, 6.07) is 0. The molecule has 0 bridgehead atoms. The summed E-state index contributed by atoms with van der Waals surface area (Å²) in [6.45, 7) is 9.05. The lowest BCUT2D eigenvalue weighted by molar-refractivity contribution is 0.00841. The fourth-order valence-corrected chi connectivity index (χ4v) is 1.53. The van der Waals surface area contributed by atoms with Crippen molar-refractivity contribution in [2.24, 2.45) is 0 Å². The Morgan fingerprint density at radius 1 is 1.50 bits per heavy atom. The molecular weight excluding hydrogens is 152 g/mol. The minimum atomic E-state index is 0.323. The van der Waals surface area contributed by atoms with E-state index in [9.17, 15) is 0 Å². The summed E-state index contributed by atoms with van der Waals surface area (Å²) in [5.41, 5.74) is 0. The van der Waals surface area contributed by atoms with Crippen molar-refractivity contribution in [3.63, 3.8) is 0 Å². The highest BCUT2D eigenvalue weighted by molar-refractivity contribution is 4.70. The number of rotatable bonds is 4. The number of ether oxygens (including phenoxy) is 1. The van der Waals surface area contributed by atoms with Gasteiger partial charge in [-0.15, -0.1) is 0 Å². The van der Waals surface area contributed by atoms with Gasteiger partial charge < -0.3 is 4.74 Å². The minimum absolute atomic E-state index is 0.323.